The molecule has 14 heavy (non-hydrogen) atoms. The van der Waals surface area contributed by atoms with Gasteiger partial charge in [-0.05, 0) is 19.8 Å². The Morgan fingerprint density at radius 3 is 3.00 bits per heavy atom. The van der Waals surface area contributed by atoms with Gasteiger partial charge >= 0.3 is 5.97 Å². The van der Waals surface area contributed by atoms with Crippen molar-refractivity contribution in [2.75, 3.05) is 26.5 Å². The van der Waals surface area contributed by atoms with Crippen molar-refractivity contribution < 1.29 is 14.3 Å². The van der Waals surface area contributed by atoms with Crippen molar-refractivity contribution in [1.29, 1.82) is 0 Å². The Morgan fingerprint density at radius 1 is 1.57 bits per heavy atom. The number of rotatable bonds is 3. The van der Waals surface area contributed by atoms with Crippen LogP contribution < -0.4 is 0 Å². The van der Waals surface area contributed by atoms with Gasteiger partial charge in [-0.15, -0.1) is 0 Å². The fourth-order valence-corrected chi connectivity index (χ4v) is 1.54. The fraction of sp³-hybridized carbons (Fsp3) is 0.900. The highest BCUT2D eigenvalue weighted by atomic mass is 16.5. The van der Waals surface area contributed by atoms with Crippen LogP contribution in [0.25, 0.3) is 0 Å². The normalized spacial score (nSPS) is 28.8. The molecule has 0 aromatic heterocycles. The summed E-state index contributed by atoms with van der Waals surface area (Å²) in [5, 5.41) is 0. The van der Waals surface area contributed by atoms with Crippen molar-refractivity contribution in [2.45, 2.75) is 25.8 Å². The Morgan fingerprint density at radius 2 is 2.36 bits per heavy atom. The average Bonchev–Trinajstić information content (AvgIpc) is 2.99. The van der Waals surface area contributed by atoms with Crippen molar-refractivity contribution in [3.63, 3.8) is 0 Å². The molecule has 0 spiro atoms. The summed E-state index contributed by atoms with van der Waals surface area (Å²) in [6.45, 7) is 4.86. The molecule has 0 radical (unpaired) electrons. The van der Waals surface area contributed by atoms with Crippen LogP contribution in [0, 0.1) is 5.92 Å². The van der Waals surface area contributed by atoms with E-state index in [1.807, 2.05) is 0 Å². The van der Waals surface area contributed by atoms with E-state index in [1.54, 1.807) is 0 Å². The predicted octanol–water partition coefficient (Wildman–Crippen LogP) is 0.618. The number of hydrogen-bond donors (Lipinski definition) is 0. The Balaban J connectivity index is 1.70. The van der Waals surface area contributed by atoms with Crippen LogP contribution in [0.4, 0.5) is 0 Å². The summed E-state index contributed by atoms with van der Waals surface area (Å²) in [6, 6.07) is 0.357. The molecule has 4 nitrogen and oxygen atoms in total. The first-order chi connectivity index (χ1) is 6.77. The molecule has 0 aromatic carbocycles. The van der Waals surface area contributed by atoms with E-state index in [0.29, 0.717) is 12.8 Å². The molecule has 1 aliphatic carbocycles. The van der Waals surface area contributed by atoms with Crippen LogP contribution in [-0.2, 0) is 14.3 Å². The third kappa shape index (κ3) is 2.45. The summed E-state index contributed by atoms with van der Waals surface area (Å²) < 4.78 is 10.5. The maximum Gasteiger partial charge on any atom is 0.310 e. The van der Waals surface area contributed by atoms with Crippen molar-refractivity contribution in [2.24, 2.45) is 5.92 Å². The average molecular weight is 199 g/mol. The molecule has 1 unspecified atom stereocenters. The molecule has 0 aromatic rings. The number of ether oxygens (including phenoxy) is 2. The van der Waals surface area contributed by atoms with E-state index in [-0.39, 0.29) is 11.9 Å². The smallest absolute Gasteiger partial charge is 0.310 e. The van der Waals surface area contributed by atoms with Crippen molar-refractivity contribution >= 4 is 5.97 Å². The van der Waals surface area contributed by atoms with E-state index in [9.17, 15) is 4.79 Å². The molecule has 1 saturated heterocycles. The number of carbonyl (C=O) groups excluding carboxylic acids is 1. The lowest BCUT2D eigenvalue weighted by atomic mass is 10.3. The zero-order valence-electron chi connectivity index (χ0n) is 8.57. The molecule has 1 saturated carbocycles. The number of carbonyl (C=O) groups is 1. The second kappa shape index (κ2) is 4.28. The third-order valence-corrected chi connectivity index (χ3v) is 2.79. The number of morpholine rings is 1. The molecule has 4 heteroatoms. The molecule has 80 valence electrons. The highest BCUT2D eigenvalue weighted by Gasteiger charge is 2.32. The van der Waals surface area contributed by atoms with E-state index >= 15 is 0 Å². The number of nitrogens with zero attached hydrogens (tertiary/aromatic N) is 1. The van der Waals surface area contributed by atoms with Crippen molar-refractivity contribution in [3.05, 3.63) is 0 Å². The zero-order chi connectivity index (χ0) is 9.97. The Hall–Kier alpha value is -0.610. The first-order valence-corrected chi connectivity index (χ1v) is 5.26. The maximum absolute atomic E-state index is 11.3. The van der Waals surface area contributed by atoms with Crippen LogP contribution in [-0.4, -0.2) is 43.4 Å². The molecule has 0 amide bonds. The second-order valence-corrected chi connectivity index (χ2v) is 4.10. The molecule has 2 fully saturated rings. The minimum absolute atomic E-state index is 0.0244. The van der Waals surface area contributed by atoms with E-state index in [1.165, 1.54) is 0 Å². The van der Waals surface area contributed by atoms with Gasteiger partial charge in [-0.1, -0.05) is 0 Å². The SMILES string of the molecule is CC1COCCN1COC(=O)C1CC1. The minimum Gasteiger partial charge on any atom is -0.449 e. The molecular weight excluding hydrogens is 182 g/mol. The molecular formula is C10H17NO3. The van der Waals surface area contributed by atoms with Crippen LogP contribution in [0.3, 0.4) is 0 Å². The van der Waals surface area contributed by atoms with Crippen LogP contribution >= 0.6 is 0 Å². The molecule has 2 rings (SSSR count). The van der Waals surface area contributed by atoms with Gasteiger partial charge in [-0.3, -0.25) is 9.69 Å². The molecule has 1 atom stereocenters. The van der Waals surface area contributed by atoms with Gasteiger partial charge in [0.15, 0.2) is 0 Å². The zero-order valence-corrected chi connectivity index (χ0v) is 8.57. The van der Waals surface area contributed by atoms with E-state index in [4.69, 9.17) is 9.47 Å². The summed E-state index contributed by atoms with van der Waals surface area (Å²) >= 11 is 0. The van der Waals surface area contributed by atoms with Crippen molar-refractivity contribution in [1.82, 2.24) is 4.90 Å². The second-order valence-electron chi connectivity index (χ2n) is 4.10. The lowest BCUT2D eigenvalue weighted by Crippen LogP contribution is -2.45. The third-order valence-electron chi connectivity index (χ3n) is 2.79. The highest BCUT2D eigenvalue weighted by molar-refractivity contribution is 5.74. The lowest BCUT2D eigenvalue weighted by molar-refractivity contribution is -0.154. The first kappa shape index (κ1) is 9.93. The Labute approximate surface area is 84.2 Å². The highest BCUT2D eigenvalue weighted by Crippen LogP contribution is 2.30. The first-order valence-electron chi connectivity index (χ1n) is 5.26. The van der Waals surface area contributed by atoms with Gasteiger partial charge in [0, 0.05) is 12.6 Å². The topological polar surface area (TPSA) is 38.8 Å². The monoisotopic (exact) mass is 199 g/mol. The van der Waals surface area contributed by atoms with Crippen LogP contribution in [0.15, 0.2) is 0 Å². The summed E-state index contributed by atoms with van der Waals surface area (Å²) in [5.41, 5.74) is 0. The summed E-state index contributed by atoms with van der Waals surface area (Å²) in [5.74, 6) is 0.176. The summed E-state index contributed by atoms with van der Waals surface area (Å²) in [6.07, 6.45) is 2.02. The van der Waals surface area contributed by atoms with Gasteiger partial charge in [0.25, 0.3) is 0 Å². The lowest BCUT2D eigenvalue weighted by Gasteiger charge is -2.32. The largest absolute Gasteiger partial charge is 0.449 e. The Bertz CT molecular complexity index is 215. The molecule has 2 aliphatic rings. The quantitative estimate of drug-likeness (QED) is 0.624. The van der Waals surface area contributed by atoms with Gasteiger partial charge in [0.1, 0.15) is 6.73 Å². The van der Waals surface area contributed by atoms with Gasteiger partial charge in [0.2, 0.25) is 0 Å². The van der Waals surface area contributed by atoms with Gasteiger partial charge in [-0.25, -0.2) is 0 Å². The van der Waals surface area contributed by atoms with E-state index in [2.05, 4.69) is 11.8 Å². The van der Waals surface area contributed by atoms with Crippen LogP contribution in [0.2, 0.25) is 0 Å². The fourth-order valence-electron chi connectivity index (χ4n) is 1.54. The summed E-state index contributed by atoms with van der Waals surface area (Å²) in [4.78, 5) is 13.4. The summed E-state index contributed by atoms with van der Waals surface area (Å²) in [7, 11) is 0. The van der Waals surface area contributed by atoms with Crippen molar-refractivity contribution in [3.8, 4) is 0 Å². The van der Waals surface area contributed by atoms with E-state index < -0.39 is 0 Å². The minimum atomic E-state index is -0.0244. The van der Waals surface area contributed by atoms with Crippen LogP contribution in [0.1, 0.15) is 19.8 Å². The van der Waals surface area contributed by atoms with Gasteiger partial charge in [-0.2, -0.15) is 0 Å². The standard InChI is InChI=1S/C10H17NO3/c1-8-6-13-5-4-11(8)7-14-10(12)9-2-3-9/h8-9H,2-7H2,1H3. The van der Waals surface area contributed by atoms with E-state index in [0.717, 1.165) is 32.6 Å². The number of esters is 1. The molecule has 0 bridgehead atoms. The number of hydrogen-bond acceptors (Lipinski definition) is 4. The molecule has 1 heterocycles. The molecule has 0 N–H and O–H groups in total. The Kier molecular flexibility index (Phi) is 3.03. The molecule has 1 aliphatic heterocycles. The van der Waals surface area contributed by atoms with Crippen LogP contribution in [0.5, 0.6) is 0 Å². The van der Waals surface area contributed by atoms with Gasteiger partial charge < -0.3 is 9.47 Å². The maximum atomic E-state index is 11.3. The van der Waals surface area contributed by atoms with Gasteiger partial charge in [0.05, 0.1) is 19.1 Å². The predicted molar refractivity (Wildman–Crippen MR) is 50.7 cm³/mol.